The van der Waals surface area contributed by atoms with Crippen molar-refractivity contribution >= 4 is 35.5 Å². The number of amides is 2. The maximum atomic E-state index is 12.3. The first-order chi connectivity index (χ1) is 10.8. The Bertz CT molecular complexity index is 667. The molecule has 122 valence electrons. The minimum absolute atomic E-state index is 0.219. The fourth-order valence-corrected chi connectivity index (χ4v) is 3.77. The highest BCUT2D eigenvalue weighted by Crippen LogP contribution is 2.42. The Kier molecular flexibility index (Phi) is 4.60. The Morgan fingerprint density at radius 1 is 1.48 bits per heavy atom. The molecule has 0 saturated carbocycles. The number of thioether (sulfide) groups is 1. The molecule has 9 nitrogen and oxygen atoms in total. The van der Waals surface area contributed by atoms with E-state index >= 15 is 0 Å². The number of carbonyl (C=O) groups excluding carboxylic acids is 3. The molecule has 1 unspecified atom stereocenters. The fraction of sp³-hybridized carbons (Fsp3) is 0.462. The van der Waals surface area contributed by atoms with Crippen LogP contribution in [0.3, 0.4) is 0 Å². The molecular formula is C13H13N3O6S. The van der Waals surface area contributed by atoms with Crippen molar-refractivity contribution in [1.82, 2.24) is 9.80 Å². The summed E-state index contributed by atoms with van der Waals surface area (Å²) in [6.07, 6.45) is 1.65. The van der Waals surface area contributed by atoms with Crippen LogP contribution in [0.5, 0.6) is 0 Å². The van der Waals surface area contributed by atoms with Gasteiger partial charge >= 0.3 is 11.9 Å². The normalized spacial score (nSPS) is 22.7. The van der Waals surface area contributed by atoms with Crippen LogP contribution in [-0.4, -0.2) is 62.4 Å². The second-order valence-electron chi connectivity index (χ2n) is 4.88. The number of carboxylic acids is 1. The SMILES string of the molecule is CC(=O)OCC1=C(C(=O)O)N2C(=O)C(N(C#N)C(C)=O)[C@@H]2SC1. The maximum Gasteiger partial charge on any atom is 0.352 e. The van der Waals surface area contributed by atoms with Crippen molar-refractivity contribution in [2.45, 2.75) is 25.3 Å². The number of fused-ring (bicyclic) bond motifs is 1. The number of nitriles is 1. The van der Waals surface area contributed by atoms with Gasteiger partial charge in [0.15, 0.2) is 12.2 Å². The number of hydrogen-bond donors (Lipinski definition) is 1. The number of esters is 1. The maximum absolute atomic E-state index is 12.3. The molecule has 1 fully saturated rings. The molecular weight excluding hydrogens is 326 g/mol. The third kappa shape index (κ3) is 2.87. The predicted octanol–water partition coefficient (Wildman–Crippen LogP) is -0.499. The minimum Gasteiger partial charge on any atom is -0.477 e. The summed E-state index contributed by atoms with van der Waals surface area (Å²) < 4.78 is 4.81. The number of carbonyl (C=O) groups is 4. The van der Waals surface area contributed by atoms with E-state index in [0.717, 1.165) is 16.7 Å². The van der Waals surface area contributed by atoms with E-state index in [1.807, 2.05) is 0 Å². The summed E-state index contributed by atoms with van der Waals surface area (Å²) in [6.45, 7) is 2.13. The van der Waals surface area contributed by atoms with Crippen molar-refractivity contribution in [3.8, 4) is 6.19 Å². The molecule has 2 rings (SSSR count). The molecule has 0 aromatic rings. The standard InChI is InChI=1S/C13H13N3O6S/c1-6(17)15(5-14)10-11(19)16-9(13(20)21)8(3-22-7(2)18)4-23-12(10)16/h10,12H,3-4H2,1-2H3,(H,20,21)/t10?,12-/m0/s1. The Hall–Kier alpha value is -2.54. The molecule has 0 radical (unpaired) electrons. The van der Waals surface area contributed by atoms with Gasteiger partial charge in [-0.3, -0.25) is 19.3 Å². The molecule has 2 aliphatic heterocycles. The van der Waals surface area contributed by atoms with Gasteiger partial charge in [0.05, 0.1) is 0 Å². The molecule has 0 aromatic carbocycles. The first kappa shape index (κ1) is 16.8. The van der Waals surface area contributed by atoms with Gasteiger partial charge in [0.1, 0.15) is 17.7 Å². The summed E-state index contributed by atoms with van der Waals surface area (Å²) in [4.78, 5) is 47.8. The van der Waals surface area contributed by atoms with Gasteiger partial charge in [-0.2, -0.15) is 5.26 Å². The second-order valence-corrected chi connectivity index (χ2v) is 5.99. The van der Waals surface area contributed by atoms with E-state index in [9.17, 15) is 24.3 Å². The number of rotatable bonds is 4. The molecule has 2 heterocycles. The average Bonchev–Trinajstić information content (AvgIpc) is 2.48. The lowest BCUT2D eigenvalue weighted by molar-refractivity contribution is -0.156. The molecule has 2 atom stereocenters. The molecule has 0 bridgehead atoms. The predicted molar refractivity (Wildman–Crippen MR) is 76.3 cm³/mol. The monoisotopic (exact) mass is 339 g/mol. The third-order valence-electron chi connectivity index (χ3n) is 3.40. The zero-order chi connectivity index (χ0) is 17.3. The Morgan fingerprint density at radius 2 is 2.13 bits per heavy atom. The van der Waals surface area contributed by atoms with Crippen LogP contribution in [0.2, 0.25) is 0 Å². The van der Waals surface area contributed by atoms with E-state index in [0.29, 0.717) is 5.57 Å². The van der Waals surface area contributed by atoms with Gasteiger partial charge < -0.3 is 9.84 Å². The highest BCUT2D eigenvalue weighted by atomic mass is 32.2. The molecule has 2 amide bonds. The minimum atomic E-state index is -1.32. The Labute approximate surface area is 135 Å². The lowest BCUT2D eigenvalue weighted by Gasteiger charge is -2.50. The molecule has 0 spiro atoms. The van der Waals surface area contributed by atoms with Crippen LogP contribution in [0.25, 0.3) is 0 Å². The third-order valence-corrected chi connectivity index (χ3v) is 4.72. The summed E-state index contributed by atoms with van der Waals surface area (Å²) in [5.74, 6) is -2.89. The summed E-state index contributed by atoms with van der Waals surface area (Å²) in [6, 6.07) is -1.01. The highest BCUT2D eigenvalue weighted by molar-refractivity contribution is 8.00. The van der Waals surface area contributed by atoms with E-state index in [2.05, 4.69) is 0 Å². The highest BCUT2D eigenvalue weighted by Gasteiger charge is 2.57. The van der Waals surface area contributed by atoms with Crippen LogP contribution in [0.15, 0.2) is 11.3 Å². The molecule has 2 aliphatic rings. The molecule has 23 heavy (non-hydrogen) atoms. The van der Waals surface area contributed by atoms with Crippen molar-refractivity contribution in [3.05, 3.63) is 11.3 Å². The second kappa shape index (κ2) is 6.29. The van der Waals surface area contributed by atoms with Crippen molar-refractivity contribution in [2.24, 2.45) is 0 Å². The number of β-lactam (4-membered cyclic amide) rings is 1. The average molecular weight is 339 g/mol. The lowest BCUT2D eigenvalue weighted by Crippen LogP contribution is -2.70. The molecule has 1 saturated heterocycles. The summed E-state index contributed by atoms with van der Waals surface area (Å²) in [7, 11) is 0. The summed E-state index contributed by atoms with van der Waals surface area (Å²) in [5.41, 5.74) is 0.0461. The van der Waals surface area contributed by atoms with Crippen LogP contribution in [-0.2, 0) is 23.9 Å². The van der Waals surface area contributed by atoms with Gasteiger partial charge in [0, 0.05) is 25.2 Å². The van der Waals surface area contributed by atoms with Crippen LogP contribution in [0.1, 0.15) is 13.8 Å². The lowest BCUT2D eigenvalue weighted by atomic mass is 10.0. The smallest absolute Gasteiger partial charge is 0.352 e. The largest absolute Gasteiger partial charge is 0.477 e. The van der Waals surface area contributed by atoms with E-state index in [1.165, 1.54) is 18.7 Å². The van der Waals surface area contributed by atoms with E-state index in [-0.39, 0.29) is 18.1 Å². The first-order valence-electron chi connectivity index (χ1n) is 6.52. The van der Waals surface area contributed by atoms with Crippen molar-refractivity contribution in [3.63, 3.8) is 0 Å². The van der Waals surface area contributed by atoms with Gasteiger partial charge in [0.2, 0.25) is 5.91 Å². The van der Waals surface area contributed by atoms with Crippen LogP contribution in [0.4, 0.5) is 0 Å². The van der Waals surface area contributed by atoms with Crippen LogP contribution < -0.4 is 0 Å². The Balaban J connectivity index is 2.30. The number of ether oxygens (including phenoxy) is 1. The zero-order valence-corrected chi connectivity index (χ0v) is 13.1. The first-order valence-corrected chi connectivity index (χ1v) is 7.57. The van der Waals surface area contributed by atoms with Gasteiger partial charge in [-0.05, 0) is 0 Å². The number of carboxylic acid groups (broad SMARTS) is 1. The number of hydrogen-bond acceptors (Lipinski definition) is 7. The number of aliphatic carboxylic acids is 1. The summed E-state index contributed by atoms with van der Waals surface area (Å²) >= 11 is 1.21. The zero-order valence-electron chi connectivity index (χ0n) is 12.3. The fourth-order valence-electron chi connectivity index (χ4n) is 2.40. The Morgan fingerprint density at radius 3 is 2.61 bits per heavy atom. The van der Waals surface area contributed by atoms with Crippen molar-refractivity contribution in [2.75, 3.05) is 12.4 Å². The quantitative estimate of drug-likeness (QED) is 0.314. The van der Waals surface area contributed by atoms with Gasteiger partial charge in [-0.15, -0.1) is 11.8 Å². The van der Waals surface area contributed by atoms with E-state index < -0.39 is 35.2 Å². The van der Waals surface area contributed by atoms with Gasteiger partial charge in [0.25, 0.3) is 5.91 Å². The van der Waals surface area contributed by atoms with Crippen LogP contribution >= 0.6 is 11.8 Å². The van der Waals surface area contributed by atoms with Crippen LogP contribution in [0, 0.1) is 11.5 Å². The topological polar surface area (TPSA) is 128 Å². The van der Waals surface area contributed by atoms with Crippen molar-refractivity contribution < 1.29 is 29.0 Å². The molecule has 0 aliphatic carbocycles. The van der Waals surface area contributed by atoms with E-state index in [1.54, 1.807) is 6.19 Å². The molecule has 0 aromatic heterocycles. The van der Waals surface area contributed by atoms with Gasteiger partial charge in [-0.25, -0.2) is 9.69 Å². The molecule has 1 N–H and O–H groups in total. The van der Waals surface area contributed by atoms with E-state index in [4.69, 9.17) is 10.00 Å². The number of nitrogens with zero attached hydrogens (tertiary/aromatic N) is 3. The summed E-state index contributed by atoms with van der Waals surface area (Å²) in [5, 5.41) is 17.7. The van der Waals surface area contributed by atoms with Crippen molar-refractivity contribution in [1.29, 1.82) is 5.26 Å². The van der Waals surface area contributed by atoms with Gasteiger partial charge in [-0.1, -0.05) is 0 Å². The molecule has 10 heteroatoms.